The number of ether oxygens (including phenoxy) is 2. The van der Waals surface area contributed by atoms with Gasteiger partial charge in [0.05, 0.1) is 5.69 Å². The Labute approximate surface area is 181 Å². The molecule has 3 heterocycles. The van der Waals surface area contributed by atoms with Gasteiger partial charge in [-0.15, -0.1) is 16.4 Å². The van der Waals surface area contributed by atoms with Crippen LogP contribution in [0.1, 0.15) is 17.7 Å². The zero-order chi connectivity index (χ0) is 20.1. The number of hydrazone groups is 1. The van der Waals surface area contributed by atoms with Crippen LogP contribution >= 0.6 is 27.3 Å². The molecule has 0 bridgehead atoms. The third kappa shape index (κ3) is 5.45. The van der Waals surface area contributed by atoms with Crippen LogP contribution in [0.15, 0.2) is 57.5 Å². The molecule has 1 aliphatic heterocycles. The lowest BCUT2D eigenvalue weighted by molar-refractivity contribution is 0.196. The van der Waals surface area contributed by atoms with Crippen molar-refractivity contribution in [1.82, 2.24) is 15.0 Å². The number of aryl methyl sites for hydroxylation is 1. The van der Waals surface area contributed by atoms with Gasteiger partial charge >= 0.3 is 0 Å². The van der Waals surface area contributed by atoms with Gasteiger partial charge in [0.25, 0.3) is 0 Å². The van der Waals surface area contributed by atoms with E-state index in [0.717, 1.165) is 39.6 Å². The summed E-state index contributed by atoms with van der Waals surface area (Å²) >= 11 is 4.99. The Morgan fingerprint density at radius 1 is 1.28 bits per heavy atom. The molecule has 150 valence electrons. The lowest BCUT2D eigenvalue weighted by Crippen LogP contribution is -2.06. The van der Waals surface area contributed by atoms with E-state index in [1.54, 1.807) is 11.2 Å². The molecule has 0 unspecified atom stereocenters. The molecule has 0 spiro atoms. The number of rotatable bonds is 8. The van der Waals surface area contributed by atoms with Crippen molar-refractivity contribution < 1.29 is 9.47 Å². The van der Waals surface area contributed by atoms with E-state index in [-0.39, 0.29) is 0 Å². The van der Waals surface area contributed by atoms with Crippen LogP contribution in [0.2, 0.25) is 0 Å². The Morgan fingerprint density at radius 3 is 2.93 bits per heavy atom. The van der Waals surface area contributed by atoms with Crippen LogP contribution in [0.3, 0.4) is 0 Å². The zero-order valence-corrected chi connectivity index (χ0v) is 18.2. The molecule has 0 fully saturated rings. The third-order valence-corrected chi connectivity index (χ3v) is 5.37. The molecular formula is C20H20BrN5O2S. The van der Waals surface area contributed by atoms with Crippen molar-refractivity contribution in [3.63, 3.8) is 0 Å². The summed E-state index contributed by atoms with van der Waals surface area (Å²) in [4.78, 5) is 9.09. The van der Waals surface area contributed by atoms with Gasteiger partial charge in [-0.25, -0.2) is 9.97 Å². The van der Waals surface area contributed by atoms with Gasteiger partial charge in [-0.1, -0.05) is 30.3 Å². The normalized spacial score (nSPS) is 13.2. The van der Waals surface area contributed by atoms with E-state index < -0.39 is 0 Å². The molecule has 1 N–H and O–H groups in total. The maximum atomic E-state index is 5.99. The number of pyridine rings is 1. The standard InChI is InChI=1S/C20H20BrN5O2S/c1-26-13-28-18(25-26)8-7-16-12-29-20(23-16)24-19-17(9-15(21)10-22-19)27-11-14-5-3-2-4-6-14/h2-6,9-10,12H,7-8,11,13H2,1H3,(H,22,23,24). The minimum absolute atomic E-state index is 0.466. The Hall–Kier alpha value is -2.65. The molecule has 1 aliphatic rings. The second kappa shape index (κ2) is 9.23. The Kier molecular flexibility index (Phi) is 6.26. The van der Waals surface area contributed by atoms with Gasteiger partial charge in [0.1, 0.15) is 6.61 Å². The number of hydrogen-bond donors (Lipinski definition) is 1. The van der Waals surface area contributed by atoms with E-state index in [4.69, 9.17) is 9.47 Å². The van der Waals surface area contributed by atoms with Crippen molar-refractivity contribution in [2.45, 2.75) is 19.4 Å². The minimum atomic E-state index is 0.466. The van der Waals surface area contributed by atoms with Gasteiger partial charge < -0.3 is 14.8 Å². The largest absolute Gasteiger partial charge is 0.485 e. The van der Waals surface area contributed by atoms with Crippen LogP contribution < -0.4 is 10.1 Å². The van der Waals surface area contributed by atoms with E-state index in [0.29, 0.717) is 24.9 Å². The van der Waals surface area contributed by atoms with Crippen molar-refractivity contribution in [2.75, 3.05) is 19.1 Å². The smallest absolute Gasteiger partial charge is 0.208 e. The molecule has 29 heavy (non-hydrogen) atoms. The maximum absolute atomic E-state index is 5.99. The molecular weight excluding hydrogens is 454 g/mol. The number of nitrogens with zero attached hydrogens (tertiary/aromatic N) is 4. The molecule has 0 amide bonds. The van der Waals surface area contributed by atoms with E-state index in [1.807, 2.05) is 48.8 Å². The first-order valence-corrected chi connectivity index (χ1v) is 10.8. The van der Waals surface area contributed by atoms with E-state index in [2.05, 4.69) is 36.3 Å². The van der Waals surface area contributed by atoms with Gasteiger partial charge in [0.2, 0.25) is 5.90 Å². The molecule has 9 heteroatoms. The summed E-state index contributed by atoms with van der Waals surface area (Å²) in [6.07, 6.45) is 3.24. The molecule has 4 rings (SSSR count). The van der Waals surface area contributed by atoms with Crippen molar-refractivity contribution in [2.24, 2.45) is 5.10 Å². The number of aromatic nitrogens is 2. The molecule has 2 aromatic heterocycles. The highest BCUT2D eigenvalue weighted by Gasteiger charge is 2.14. The van der Waals surface area contributed by atoms with Crippen molar-refractivity contribution in [3.05, 3.63) is 63.7 Å². The summed E-state index contributed by atoms with van der Waals surface area (Å²) < 4.78 is 12.3. The second-order valence-electron chi connectivity index (χ2n) is 6.47. The Morgan fingerprint density at radius 2 is 2.14 bits per heavy atom. The van der Waals surface area contributed by atoms with Crippen LogP contribution in [0.4, 0.5) is 10.9 Å². The first-order chi connectivity index (χ1) is 14.2. The number of halogens is 1. The molecule has 0 saturated heterocycles. The van der Waals surface area contributed by atoms with E-state index in [9.17, 15) is 0 Å². The number of nitrogens with one attached hydrogen (secondary N) is 1. The summed E-state index contributed by atoms with van der Waals surface area (Å²) in [5.74, 6) is 2.05. The fourth-order valence-electron chi connectivity index (χ4n) is 2.71. The summed E-state index contributed by atoms with van der Waals surface area (Å²) in [6.45, 7) is 0.980. The van der Waals surface area contributed by atoms with Crippen LogP contribution in [0.5, 0.6) is 5.75 Å². The van der Waals surface area contributed by atoms with Crippen molar-refractivity contribution in [3.8, 4) is 5.75 Å². The summed E-state index contributed by atoms with van der Waals surface area (Å²) in [5.41, 5.74) is 2.08. The van der Waals surface area contributed by atoms with Crippen LogP contribution in [-0.4, -0.2) is 34.7 Å². The van der Waals surface area contributed by atoms with Crippen molar-refractivity contribution >= 4 is 44.1 Å². The van der Waals surface area contributed by atoms with Gasteiger partial charge in [-0.3, -0.25) is 5.01 Å². The molecule has 1 aromatic carbocycles. The maximum Gasteiger partial charge on any atom is 0.208 e. The number of hydrogen-bond acceptors (Lipinski definition) is 8. The lowest BCUT2D eigenvalue weighted by atomic mass is 10.2. The van der Waals surface area contributed by atoms with Gasteiger partial charge in [-0.2, -0.15) is 0 Å². The SMILES string of the molecule is CN1COC(CCc2csc(Nc3ncc(Br)cc3OCc3ccccc3)n2)=N1. The van der Waals surface area contributed by atoms with Gasteiger partial charge in [0, 0.05) is 29.5 Å². The van der Waals surface area contributed by atoms with Crippen LogP contribution in [0, 0.1) is 0 Å². The molecule has 0 atom stereocenters. The van der Waals surface area contributed by atoms with E-state index >= 15 is 0 Å². The van der Waals surface area contributed by atoms with Crippen LogP contribution in [-0.2, 0) is 17.8 Å². The Balaban J connectivity index is 1.40. The summed E-state index contributed by atoms with van der Waals surface area (Å²) in [7, 11) is 1.89. The molecule has 0 radical (unpaired) electrons. The fourth-order valence-corrected chi connectivity index (χ4v) is 3.77. The number of thiazole rings is 1. The first kappa shape index (κ1) is 19.7. The lowest BCUT2D eigenvalue weighted by Gasteiger charge is -2.11. The average Bonchev–Trinajstić information content (AvgIpc) is 3.36. The third-order valence-electron chi connectivity index (χ3n) is 4.13. The highest BCUT2D eigenvalue weighted by atomic mass is 79.9. The second-order valence-corrected chi connectivity index (χ2v) is 8.24. The van der Waals surface area contributed by atoms with Gasteiger partial charge in [-0.05, 0) is 34.0 Å². The van der Waals surface area contributed by atoms with E-state index in [1.165, 1.54) is 11.3 Å². The zero-order valence-electron chi connectivity index (χ0n) is 15.8. The van der Waals surface area contributed by atoms with Crippen LogP contribution in [0.25, 0.3) is 0 Å². The first-order valence-electron chi connectivity index (χ1n) is 9.11. The van der Waals surface area contributed by atoms with Crippen molar-refractivity contribution in [1.29, 1.82) is 0 Å². The molecule has 7 nitrogen and oxygen atoms in total. The molecule has 0 aliphatic carbocycles. The predicted octanol–water partition coefficient (Wildman–Crippen LogP) is 4.79. The molecule has 3 aromatic rings. The molecule has 0 saturated carbocycles. The highest BCUT2D eigenvalue weighted by Crippen LogP contribution is 2.30. The Bertz CT molecular complexity index is 996. The number of benzene rings is 1. The summed E-state index contributed by atoms with van der Waals surface area (Å²) in [5, 5.41) is 12.2. The average molecular weight is 474 g/mol. The number of anilines is 2. The summed E-state index contributed by atoms with van der Waals surface area (Å²) in [6, 6.07) is 11.9. The minimum Gasteiger partial charge on any atom is -0.485 e. The highest BCUT2D eigenvalue weighted by molar-refractivity contribution is 9.10. The monoisotopic (exact) mass is 473 g/mol. The predicted molar refractivity (Wildman–Crippen MR) is 118 cm³/mol. The van der Waals surface area contributed by atoms with Gasteiger partial charge in [0.15, 0.2) is 23.4 Å². The quantitative estimate of drug-likeness (QED) is 0.506. The topological polar surface area (TPSA) is 71.9 Å². The fraction of sp³-hybridized carbons (Fsp3) is 0.250.